The van der Waals surface area contributed by atoms with Gasteiger partial charge in [0.25, 0.3) is 0 Å². The summed E-state index contributed by atoms with van der Waals surface area (Å²) in [7, 11) is 0. The number of benzene rings is 1. The van der Waals surface area contributed by atoms with Crippen molar-refractivity contribution in [3.05, 3.63) is 35.4 Å². The van der Waals surface area contributed by atoms with Crippen molar-refractivity contribution >= 4 is 29.9 Å². The smallest absolute Gasteiger partial charge is 0.189 e. The molecule has 2 fully saturated rings. The molecule has 3 N–H and O–H groups in total. The van der Waals surface area contributed by atoms with E-state index in [9.17, 15) is 0 Å². The maximum atomic E-state index is 5.92. The van der Waals surface area contributed by atoms with Gasteiger partial charge in [0.15, 0.2) is 5.96 Å². The van der Waals surface area contributed by atoms with E-state index in [4.69, 9.17) is 15.2 Å². The third-order valence-corrected chi connectivity index (χ3v) is 4.04. The molecule has 1 aliphatic heterocycles. The predicted octanol–water partition coefficient (Wildman–Crippen LogP) is 2.57. The summed E-state index contributed by atoms with van der Waals surface area (Å²) in [6.07, 6.45) is 4.75. The van der Waals surface area contributed by atoms with Gasteiger partial charge in [-0.3, -0.25) is 0 Å². The lowest BCUT2D eigenvalue weighted by Gasteiger charge is -2.22. The van der Waals surface area contributed by atoms with Crippen molar-refractivity contribution in [1.82, 2.24) is 5.32 Å². The summed E-state index contributed by atoms with van der Waals surface area (Å²) in [6, 6.07) is 8.95. The van der Waals surface area contributed by atoms with Gasteiger partial charge in [-0.15, -0.1) is 24.0 Å². The summed E-state index contributed by atoms with van der Waals surface area (Å²) in [5.74, 6) is 0.550. The first-order valence-corrected chi connectivity index (χ1v) is 8.13. The zero-order valence-electron chi connectivity index (χ0n) is 13.4. The number of nitrogens with two attached hydrogens (primary N) is 1. The van der Waals surface area contributed by atoms with E-state index in [0.717, 1.165) is 31.6 Å². The Balaban J connectivity index is 0.00000192. The van der Waals surface area contributed by atoms with Crippen molar-refractivity contribution in [2.45, 2.75) is 51.0 Å². The molecule has 1 saturated carbocycles. The van der Waals surface area contributed by atoms with Gasteiger partial charge in [0.2, 0.25) is 0 Å². The standard InChI is InChI=1S/C17H25N3O2.HI/c18-17(20-15-5-6-15)19-11-13-1-3-14(4-2-13)12-22-16-7-9-21-10-8-16;/h1-4,15-16H,5-12H2,(H3,18,19,20);1H. The summed E-state index contributed by atoms with van der Waals surface area (Å²) in [5.41, 5.74) is 8.19. The van der Waals surface area contributed by atoms with E-state index in [1.54, 1.807) is 0 Å². The van der Waals surface area contributed by atoms with E-state index in [1.165, 1.54) is 18.4 Å². The van der Waals surface area contributed by atoms with Crippen LogP contribution in [0.25, 0.3) is 0 Å². The average molecular weight is 431 g/mol. The van der Waals surface area contributed by atoms with Crippen LogP contribution in [-0.4, -0.2) is 31.3 Å². The number of halogens is 1. The highest BCUT2D eigenvalue weighted by atomic mass is 127. The molecule has 0 unspecified atom stereocenters. The molecule has 0 bridgehead atoms. The van der Waals surface area contributed by atoms with Crippen LogP contribution < -0.4 is 11.1 Å². The van der Waals surface area contributed by atoms with E-state index in [-0.39, 0.29) is 24.0 Å². The maximum Gasteiger partial charge on any atom is 0.189 e. The molecule has 1 saturated heterocycles. The van der Waals surface area contributed by atoms with E-state index < -0.39 is 0 Å². The predicted molar refractivity (Wildman–Crippen MR) is 102 cm³/mol. The number of aliphatic imine (C=N–C) groups is 1. The monoisotopic (exact) mass is 431 g/mol. The van der Waals surface area contributed by atoms with Crippen LogP contribution in [0.2, 0.25) is 0 Å². The van der Waals surface area contributed by atoms with Gasteiger partial charge < -0.3 is 20.5 Å². The lowest BCUT2D eigenvalue weighted by Crippen LogP contribution is -2.33. The average Bonchev–Trinajstić information content (AvgIpc) is 3.37. The molecule has 1 aliphatic carbocycles. The molecule has 3 rings (SSSR count). The minimum Gasteiger partial charge on any atom is -0.381 e. The van der Waals surface area contributed by atoms with Crippen molar-refractivity contribution in [3.8, 4) is 0 Å². The van der Waals surface area contributed by atoms with Crippen molar-refractivity contribution in [2.75, 3.05) is 13.2 Å². The van der Waals surface area contributed by atoms with Gasteiger partial charge in [0.1, 0.15) is 0 Å². The Morgan fingerprint density at radius 3 is 2.43 bits per heavy atom. The van der Waals surface area contributed by atoms with Crippen LogP contribution in [0.4, 0.5) is 0 Å². The Bertz CT molecular complexity index is 497. The second-order valence-electron chi connectivity index (χ2n) is 6.06. The van der Waals surface area contributed by atoms with E-state index in [2.05, 4.69) is 34.6 Å². The lowest BCUT2D eigenvalue weighted by molar-refractivity contribution is -0.0390. The highest BCUT2D eigenvalue weighted by Gasteiger charge is 2.21. The number of nitrogens with zero attached hydrogens (tertiary/aromatic N) is 1. The van der Waals surface area contributed by atoms with Gasteiger partial charge in [-0.2, -0.15) is 0 Å². The van der Waals surface area contributed by atoms with Crippen molar-refractivity contribution < 1.29 is 9.47 Å². The molecule has 23 heavy (non-hydrogen) atoms. The molecule has 0 radical (unpaired) electrons. The molecule has 128 valence electrons. The quantitative estimate of drug-likeness (QED) is 0.413. The number of hydrogen-bond acceptors (Lipinski definition) is 3. The van der Waals surface area contributed by atoms with Gasteiger partial charge in [-0.25, -0.2) is 4.99 Å². The molecule has 0 amide bonds. The topological polar surface area (TPSA) is 68.9 Å². The van der Waals surface area contributed by atoms with Crippen LogP contribution in [0.5, 0.6) is 0 Å². The summed E-state index contributed by atoms with van der Waals surface area (Å²) in [5, 5.41) is 3.19. The molecular formula is C17H26IN3O2. The molecule has 0 aromatic heterocycles. The number of rotatable bonds is 6. The summed E-state index contributed by atoms with van der Waals surface area (Å²) < 4.78 is 11.3. The fourth-order valence-electron chi connectivity index (χ4n) is 2.46. The highest BCUT2D eigenvalue weighted by molar-refractivity contribution is 14.0. The molecule has 2 aliphatic rings. The lowest BCUT2D eigenvalue weighted by atomic mass is 10.1. The first kappa shape index (κ1) is 18.5. The van der Waals surface area contributed by atoms with Crippen molar-refractivity contribution in [3.63, 3.8) is 0 Å². The Morgan fingerprint density at radius 2 is 1.78 bits per heavy atom. The third kappa shape index (κ3) is 6.64. The number of guanidine groups is 1. The van der Waals surface area contributed by atoms with Crippen molar-refractivity contribution in [1.29, 1.82) is 0 Å². The molecule has 1 aromatic carbocycles. The molecular weight excluding hydrogens is 405 g/mol. The third-order valence-electron chi connectivity index (χ3n) is 4.04. The van der Waals surface area contributed by atoms with Gasteiger partial charge in [0, 0.05) is 19.3 Å². The fraction of sp³-hybridized carbons (Fsp3) is 0.588. The second kappa shape index (κ2) is 9.44. The van der Waals surface area contributed by atoms with Crippen molar-refractivity contribution in [2.24, 2.45) is 10.7 Å². The Kier molecular flexibility index (Phi) is 7.58. The SMILES string of the molecule is I.NC(=NCc1ccc(COC2CCOCC2)cc1)NC1CC1. The largest absolute Gasteiger partial charge is 0.381 e. The van der Waals surface area contributed by atoms with E-state index in [1.807, 2.05) is 0 Å². The van der Waals surface area contributed by atoms with Crippen LogP contribution in [0.3, 0.4) is 0 Å². The normalized spacial score (nSPS) is 19.2. The first-order valence-electron chi connectivity index (χ1n) is 8.13. The van der Waals surface area contributed by atoms with Gasteiger partial charge in [-0.1, -0.05) is 24.3 Å². The molecule has 5 nitrogen and oxygen atoms in total. The number of nitrogens with one attached hydrogen (secondary N) is 1. The summed E-state index contributed by atoms with van der Waals surface area (Å²) in [6.45, 7) is 2.92. The van der Waals surface area contributed by atoms with Gasteiger partial charge >= 0.3 is 0 Å². The second-order valence-corrected chi connectivity index (χ2v) is 6.06. The molecule has 6 heteroatoms. The van der Waals surface area contributed by atoms with Crippen LogP contribution in [0.15, 0.2) is 29.3 Å². The Hall–Kier alpha value is -0.860. The maximum absolute atomic E-state index is 5.92. The number of ether oxygens (including phenoxy) is 2. The van der Waals surface area contributed by atoms with Crippen LogP contribution in [-0.2, 0) is 22.6 Å². The van der Waals surface area contributed by atoms with Gasteiger partial charge in [0.05, 0.1) is 19.3 Å². The molecule has 1 aromatic rings. The van der Waals surface area contributed by atoms with Gasteiger partial charge in [-0.05, 0) is 36.8 Å². The summed E-state index contributed by atoms with van der Waals surface area (Å²) >= 11 is 0. The van der Waals surface area contributed by atoms with Crippen LogP contribution in [0, 0.1) is 0 Å². The van der Waals surface area contributed by atoms with Crippen LogP contribution >= 0.6 is 24.0 Å². The minimum atomic E-state index is 0. The first-order chi connectivity index (χ1) is 10.8. The zero-order chi connectivity index (χ0) is 15.2. The number of hydrogen-bond donors (Lipinski definition) is 2. The van der Waals surface area contributed by atoms with E-state index >= 15 is 0 Å². The highest BCUT2D eigenvalue weighted by Crippen LogP contribution is 2.18. The zero-order valence-corrected chi connectivity index (χ0v) is 15.7. The fourth-order valence-corrected chi connectivity index (χ4v) is 2.46. The van der Waals surface area contributed by atoms with Crippen LogP contribution in [0.1, 0.15) is 36.8 Å². The minimum absolute atomic E-state index is 0. The molecule has 0 atom stereocenters. The molecule has 1 heterocycles. The van der Waals surface area contributed by atoms with E-state index in [0.29, 0.717) is 31.3 Å². The Morgan fingerprint density at radius 1 is 1.13 bits per heavy atom. The molecule has 0 spiro atoms. The summed E-state index contributed by atoms with van der Waals surface area (Å²) in [4.78, 5) is 4.36. The Labute approximate surface area is 155 Å².